The summed E-state index contributed by atoms with van der Waals surface area (Å²) in [5.41, 5.74) is 0.486. The number of Topliss-reactive ketones (excluding diaryl/α,β-unsaturated/α-hetero) is 1. The predicted octanol–water partition coefficient (Wildman–Crippen LogP) is 3.09. The minimum absolute atomic E-state index is 0.0197. The Hall–Kier alpha value is -1.88. The molecule has 1 N–H and O–H groups in total. The number of carboxylic acids is 1. The normalized spacial score (nSPS) is 18.6. The lowest BCUT2D eigenvalue weighted by Crippen LogP contribution is -2.35. The Kier molecular flexibility index (Phi) is 6.16. The lowest BCUT2D eigenvalue weighted by Gasteiger charge is -2.30. The van der Waals surface area contributed by atoms with Gasteiger partial charge in [-0.2, -0.15) is 0 Å². The molecule has 0 amide bonds. The molecule has 5 heteroatoms. The van der Waals surface area contributed by atoms with Crippen molar-refractivity contribution >= 4 is 11.8 Å². The largest absolute Gasteiger partial charge is 0.493 e. The van der Waals surface area contributed by atoms with Crippen LogP contribution < -0.4 is 4.74 Å². The van der Waals surface area contributed by atoms with Crippen molar-refractivity contribution in [2.24, 2.45) is 5.92 Å². The Morgan fingerprint density at radius 2 is 2.17 bits per heavy atom. The van der Waals surface area contributed by atoms with Gasteiger partial charge in [0.05, 0.1) is 6.61 Å². The Labute approximate surface area is 137 Å². The van der Waals surface area contributed by atoms with E-state index in [1.807, 2.05) is 0 Å². The van der Waals surface area contributed by atoms with E-state index in [0.717, 1.165) is 19.6 Å². The minimum atomic E-state index is -1.08. The van der Waals surface area contributed by atoms with Gasteiger partial charge in [-0.3, -0.25) is 4.79 Å². The molecule has 1 atom stereocenters. The average molecular weight is 319 g/mol. The van der Waals surface area contributed by atoms with E-state index in [1.165, 1.54) is 18.9 Å². The van der Waals surface area contributed by atoms with Crippen molar-refractivity contribution in [3.8, 4) is 5.75 Å². The predicted molar refractivity (Wildman–Crippen MR) is 88.4 cm³/mol. The molecule has 126 valence electrons. The summed E-state index contributed by atoms with van der Waals surface area (Å²) in [5.74, 6) is -0.105. The van der Waals surface area contributed by atoms with Crippen LogP contribution in [0.3, 0.4) is 0 Å². The van der Waals surface area contributed by atoms with E-state index in [0.29, 0.717) is 30.3 Å². The third-order valence-corrected chi connectivity index (χ3v) is 4.23. The van der Waals surface area contributed by atoms with Gasteiger partial charge in [0.25, 0.3) is 0 Å². The molecule has 23 heavy (non-hydrogen) atoms. The number of ether oxygens (including phenoxy) is 1. The van der Waals surface area contributed by atoms with Gasteiger partial charge in [0.1, 0.15) is 11.3 Å². The van der Waals surface area contributed by atoms with E-state index in [4.69, 9.17) is 4.74 Å². The Bertz CT molecular complexity index is 570. The van der Waals surface area contributed by atoms with Crippen LogP contribution in [0.4, 0.5) is 0 Å². The highest BCUT2D eigenvalue weighted by Crippen LogP contribution is 2.22. The summed E-state index contributed by atoms with van der Waals surface area (Å²) >= 11 is 0. The minimum Gasteiger partial charge on any atom is -0.493 e. The van der Waals surface area contributed by atoms with Crippen molar-refractivity contribution in [1.82, 2.24) is 4.90 Å². The molecule has 1 saturated heterocycles. The maximum Gasteiger partial charge on any atom is 0.339 e. The molecule has 1 aliphatic rings. The van der Waals surface area contributed by atoms with Crippen molar-refractivity contribution < 1.29 is 19.4 Å². The van der Waals surface area contributed by atoms with Gasteiger partial charge in [0.15, 0.2) is 5.78 Å². The zero-order valence-corrected chi connectivity index (χ0v) is 13.9. The Morgan fingerprint density at radius 1 is 1.39 bits per heavy atom. The first kappa shape index (κ1) is 17.5. The molecule has 1 unspecified atom stereocenters. The van der Waals surface area contributed by atoms with Crippen LogP contribution in [-0.2, 0) is 0 Å². The highest BCUT2D eigenvalue weighted by Gasteiger charge is 2.19. The second-order valence-corrected chi connectivity index (χ2v) is 6.17. The topological polar surface area (TPSA) is 66.8 Å². The molecule has 0 saturated carbocycles. The number of nitrogens with zero attached hydrogens (tertiary/aromatic N) is 1. The van der Waals surface area contributed by atoms with Gasteiger partial charge in [-0.25, -0.2) is 4.79 Å². The number of carbonyl (C=O) groups excluding carboxylic acids is 1. The smallest absolute Gasteiger partial charge is 0.339 e. The third-order valence-electron chi connectivity index (χ3n) is 4.23. The van der Waals surface area contributed by atoms with Crippen LogP contribution in [0.15, 0.2) is 18.2 Å². The fraction of sp³-hybridized carbons (Fsp3) is 0.556. The number of aromatic carboxylic acids is 1. The average Bonchev–Trinajstić information content (AvgIpc) is 2.53. The standard InChI is InChI=1S/C18H25NO4/c1-3-23-17-7-6-14(11-15(17)18(21)22)16(20)8-10-19-9-4-5-13(2)12-19/h6-7,11,13H,3-5,8-10,12H2,1-2H3,(H,21,22). The summed E-state index contributed by atoms with van der Waals surface area (Å²) in [7, 11) is 0. The maximum absolute atomic E-state index is 12.4. The number of rotatable bonds is 7. The van der Waals surface area contributed by atoms with Gasteiger partial charge in [-0.05, 0) is 50.4 Å². The second kappa shape index (κ2) is 8.11. The van der Waals surface area contributed by atoms with E-state index >= 15 is 0 Å². The molecule has 2 rings (SSSR count). The quantitative estimate of drug-likeness (QED) is 0.782. The number of benzene rings is 1. The number of carboxylic acid groups (broad SMARTS) is 1. The highest BCUT2D eigenvalue weighted by molar-refractivity contribution is 6.00. The zero-order valence-electron chi connectivity index (χ0n) is 13.9. The van der Waals surface area contributed by atoms with Gasteiger partial charge in [-0.1, -0.05) is 6.92 Å². The number of ketones is 1. The molecule has 0 aliphatic carbocycles. The Balaban J connectivity index is 2.01. The number of hydrogen-bond acceptors (Lipinski definition) is 4. The molecule has 0 bridgehead atoms. The van der Waals surface area contributed by atoms with Gasteiger partial charge >= 0.3 is 5.97 Å². The van der Waals surface area contributed by atoms with E-state index in [9.17, 15) is 14.7 Å². The molecular weight excluding hydrogens is 294 g/mol. The van der Waals surface area contributed by atoms with E-state index in [2.05, 4.69) is 11.8 Å². The second-order valence-electron chi connectivity index (χ2n) is 6.17. The van der Waals surface area contributed by atoms with Crippen molar-refractivity contribution in [3.05, 3.63) is 29.3 Å². The first-order valence-corrected chi connectivity index (χ1v) is 8.27. The fourth-order valence-electron chi connectivity index (χ4n) is 3.05. The summed E-state index contributed by atoms with van der Waals surface area (Å²) < 4.78 is 5.30. The summed E-state index contributed by atoms with van der Waals surface area (Å²) in [4.78, 5) is 26.0. The molecule has 0 radical (unpaired) electrons. The van der Waals surface area contributed by atoms with Crippen LogP contribution in [0.2, 0.25) is 0 Å². The van der Waals surface area contributed by atoms with Crippen LogP contribution in [-0.4, -0.2) is 48.0 Å². The molecule has 0 spiro atoms. The molecule has 1 fully saturated rings. The van der Waals surface area contributed by atoms with Crippen LogP contribution in [0, 0.1) is 5.92 Å². The van der Waals surface area contributed by atoms with Crippen molar-refractivity contribution in [2.45, 2.75) is 33.1 Å². The molecule has 1 aromatic carbocycles. The maximum atomic E-state index is 12.4. The van der Waals surface area contributed by atoms with E-state index in [1.54, 1.807) is 19.1 Å². The van der Waals surface area contributed by atoms with Crippen LogP contribution in [0.1, 0.15) is 53.8 Å². The molecule has 5 nitrogen and oxygen atoms in total. The van der Waals surface area contributed by atoms with Crippen LogP contribution >= 0.6 is 0 Å². The molecule has 1 aliphatic heterocycles. The lowest BCUT2D eigenvalue weighted by molar-refractivity contribution is 0.0692. The Morgan fingerprint density at radius 3 is 2.83 bits per heavy atom. The lowest BCUT2D eigenvalue weighted by atomic mass is 9.99. The van der Waals surface area contributed by atoms with Crippen molar-refractivity contribution in [3.63, 3.8) is 0 Å². The van der Waals surface area contributed by atoms with Crippen LogP contribution in [0.25, 0.3) is 0 Å². The van der Waals surface area contributed by atoms with E-state index in [-0.39, 0.29) is 11.3 Å². The first-order chi connectivity index (χ1) is 11.0. The highest BCUT2D eigenvalue weighted by atomic mass is 16.5. The SMILES string of the molecule is CCOc1ccc(C(=O)CCN2CCCC(C)C2)cc1C(=O)O. The van der Waals surface area contributed by atoms with Crippen LogP contribution in [0.5, 0.6) is 5.75 Å². The van der Waals surface area contributed by atoms with Gasteiger partial charge < -0.3 is 14.7 Å². The monoisotopic (exact) mass is 319 g/mol. The summed E-state index contributed by atoms with van der Waals surface area (Å²) in [6.45, 7) is 7.24. The zero-order chi connectivity index (χ0) is 16.8. The van der Waals surface area contributed by atoms with Crippen molar-refractivity contribution in [2.75, 3.05) is 26.2 Å². The number of likely N-dealkylation sites (tertiary alicyclic amines) is 1. The van der Waals surface area contributed by atoms with Gasteiger partial charge in [0.2, 0.25) is 0 Å². The number of carbonyl (C=O) groups is 2. The number of piperidine rings is 1. The summed E-state index contributed by atoms with van der Waals surface area (Å²) in [6.07, 6.45) is 2.85. The van der Waals surface area contributed by atoms with Crippen molar-refractivity contribution in [1.29, 1.82) is 0 Å². The van der Waals surface area contributed by atoms with E-state index < -0.39 is 5.97 Å². The molecule has 1 heterocycles. The molecule has 0 aromatic heterocycles. The van der Waals surface area contributed by atoms with Gasteiger partial charge in [0, 0.05) is 25.1 Å². The van der Waals surface area contributed by atoms with Gasteiger partial charge in [-0.15, -0.1) is 0 Å². The first-order valence-electron chi connectivity index (χ1n) is 8.27. The third kappa shape index (κ3) is 4.79. The molecule has 1 aromatic rings. The fourth-order valence-corrected chi connectivity index (χ4v) is 3.05. The summed E-state index contributed by atoms with van der Waals surface area (Å²) in [5, 5.41) is 9.26. The summed E-state index contributed by atoms with van der Waals surface area (Å²) in [6, 6.07) is 4.65. The molecular formula is C18H25NO4. The number of hydrogen-bond donors (Lipinski definition) is 1.